The Hall–Kier alpha value is -3.67. The largest absolute Gasteiger partial charge is 0.422 e. The topological polar surface area (TPSA) is 70.0 Å². The minimum Gasteiger partial charge on any atom is -0.422 e. The van der Waals surface area contributed by atoms with Crippen LogP contribution < -0.4 is 5.63 Å². The van der Waals surface area contributed by atoms with E-state index >= 15 is 0 Å². The van der Waals surface area contributed by atoms with Crippen molar-refractivity contribution in [1.29, 1.82) is 0 Å². The average molecular weight is 371 g/mol. The van der Waals surface area contributed by atoms with Crippen molar-refractivity contribution in [3.63, 3.8) is 0 Å². The van der Waals surface area contributed by atoms with Crippen molar-refractivity contribution in [2.75, 3.05) is 0 Å². The van der Waals surface area contributed by atoms with Gasteiger partial charge in [-0.05, 0) is 38.1 Å². The summed E-state index contributed by atoms with van der Waals surface area (Å²) in [6.45, 7) is 3.90. The van der Waals surface area contributed by atoms with Crippen molar-refractivity contribution in [3.8, 4) is 0 Å². The van der Waals surface area contributed by atoms with E-state index in [9.17, 15) is 9.59 Å². The summed E-state index contributed by atoms with van der Waals surface area (Å²) in [5.74, 6) is -0.113. The van der Waals surface area contributed by atoms with E-state index in [4.69, 9.17) is 4.42 Å². The predicted molar refractivity (Wildman–Crippen MR) is 108 cm³/mol. The highest BCUT2D eigenvalue weighted by Crippen LogP contribution is 2.24. The van der Waals surface area contributed by atoms with Crippen LogP contribution in [0.25, 0.3) is 32.8 Å². The van der Waals surface area contributed by atoms with Gasteiger partial charge in [0.05, 0.1) is 17.2 Å². The zero-order valence-electron chi connectivity index (χ0n) is 15.5. The third-order valence-corrected chi connectivity index (χ3v) is 5.08. The van der Waals surface area contributed by atoms with Crippen molar-refractivity contribution in [3.05, 3.63) is 76.4 Å². The number of hydrogen-bond acceptors (Lipinski definition) is 4. The van der Waals surface area contributed by atoms with Gasteiger partial charge in [0.1, 0.15) is 17.5 Å². The van der Waals surface area contributed by atoms with Crippen molar-refractivity contribution in [1.82, 2.24) is 14.3 Å². The number of benzene rings is 2. The van der Waals surface area contributed by atoms with Gasteiger partial charge < -0.3 is 4.42 Å². The fourth-order valence-corrected chi connectivity index (χ4v) is 3.83. The Morgan fingerprint density at radius 1 is 1.07 bits per heavy atom. The highest BCUT2D eigenvalue weighted by Gasteiger charge is 2.18. The van der Waals surface area contributed by atoms with Crippen LogP contribution in [0.1, 0.15) is 16.1 Å². The van der Waals surface area contributed by atoms with Crippen molar-refractivity contribution >= 4 is 38.7 Å². The highest BCUT2D eigenvalue weighted by atomic mass is 16.4. The molecule has 0 aliphatic rings. The second-order valence-corrected chi connectivity index (χ2v) is 7.03. The van der Waals surface area contributed by atoms with E-state index in [2.05, 4.69) is 5.10 Å². The summed E-state index contributed by atoms with van der Waals surface area (Å²) in [5, 5.41) is 6.48. The predicted octanol–water partition coefficient (Wildman–Crippen LogP) is 4.05. The average Bonchev–Trinajstić information content (AvgIpc) is 3.23. The third-order valence-electron chi connectivity index (χ3n) is 5.08. The summed E-state index contributed by atoms with van der Waals surface area (Å²) < 4.78 is 8.68. The maximum Gasteiger partial charge on any atom is 0.347 e. The van der Waals surface area contributed by atoms with Gasteiger partial charge in [0.15, 0.2) is 0 Å². The number of rotatable bonds is 2. The van der Waals surface area contributed by atoms with E-state index in [1.807, 2.05) is 56.3 Å². The third kappa shape index (κ3) is 2.38. The zero-order valence-corrected chi connectivity index (χ0v) is 15.5. The van der Waals surface area contributed by atoms with Crippen LogP contribution in [0.5, 0.6) is 0 Å². The second-order valence-electron chi connectivity index (χ2n) is 7.03. The maximum atomic E-state index is 13.1. The fourth-order valence-electron chi connectivity index (χ4n) is 3.83. The first-order valence-corrected chi connectivity index (χ1v) is 9.02. The van der Waals surface area contributed by atoms with E-state index in [0.717, 1.165) is 27.5 Å². The van der Waals surface area contributed by atoms with Gasteiger partial charge in [0, 0.05) is 16.5 Å². The van der Waals surface area contributed by atoms with Crippen LogP contribution in [0.2, 0.25) is 0 Å². The Morgan fingerprint density at radius 2 is 1.89 bits per heavy atom. The molecule has 0 fully saturated rings. The highest BCUT2D eigenvalue weighted by molar-refractivity contribution is 6.03. The molecule has 0 aliphatic heterocycles. The summed E-state index contributed by atoms with van der Waals surface area (Å²) in [4.78, 5) is 25.5. The molecule has 6 heteroatoms. The van der Waals surface area contributed by atoms with Crippen LogP contribution in [-0.2, 0) is 6.54 Å². The first-order valence-electron chi connectivity index (χ1n) is 9.02. The summed E-state index contributed by atoms with van der Waals surface area (Å²) in [7, 11) is 0. The molecule has 0 bridgehead atoms. The van der Waals surface area contributed by atoms with Crippen molar-refractivity contribution in [2.24, 2.45) is 0 Å². The molecule has 5 rings (SSSR count). The second kappa shape index (κ2) is 5.92. The Bertz CT molecular complexity index is 1450. The minimum atomic E-state index is -0.451. The first-order chi connectivity index (χ1) is 13.5. The molecule has 0 saturated carbocycles. The van der Waals surface area contributed by atoms with E-state index < -0.39 is 5.63 Å². The quantitative estimate of drug-likeness (QED) is 0.439. The molecule has 0 aliphatic carbocycles. The monoisotopic (exact) mass is 371 g/mol. The summed E-state index contributed by atoms with van der Waals surface area (Å²) in [5.41, 5.74) is 3.42. The zero-order chi connectivity index (χ0) is 19.4. The normalized spacial score (nSPS) is 11.6. The Kier molecular flexibility index (Phi) is 3.49. The fraction of sp³-hybridized carbons (Fsp3) is 0.136. The Labute approximate surface area is 159 Å². The molecule has 0 saturated heterocycles. The molecule has 0 unspecified atom stereocenters. The Morgan fingerprint density at radius 3 is 2.75 bits per heavy atom. The van der Waals surface area contributed by atoms with Gasteiger partial charge in [-0.15, -0.1) is 0 Å². The van der Waals surface area contributed by atoms with Gasteiger partial charge in [-0.25, -0.2) is 4.79 Å². The molecule has 138 valence electrons. The number of para-hydroxylation sites is 1. The van der Waals surface area contributed by atoms with Crippen LogP contribution in [0, 0.1) is 13.8 Å². The van der Waals surface area contributed by atoms with Crippen molar-refractivity contribution < 1.29 is 9.21 Å². The molecule has 3 aromatic heterocycles. The molecule has 5 aromatic rings. The molecule has 6 nitrogen and oxygen atoms in total. The first kappa shape index (κ1) is 16.5. The standard InChI is InChI=1S/C22H17N3O3/c1-13-7-8-19-16(9-13)21-17(22(27)28-19)11-23-24(21)12-20(26)25-14(2)10-15-5-3-4-6-18(15)25/h3-11H,12H2,1-2H3. The minimum absolute atomic E-state index is 0.0233. The SMILES string of the molecule is Cc1ccc2oc(=O)c3cnn(CC(=O)n4c(C)cc5ccccc54)c3c2c1. The molecule has 3 heterocycles. The van der Waals surface area contributed by atoms with Crippen LogP contribution in [0.4, 0.5) is 0 Å². The molecule has 0 N–H and O–H groups in total. The summed E-state index contributed by atoms with van der Waals surface area (Å²) in [6.07, 6.45) is 1.47. The van der Waals surface area contributed by atoms with Crippen LogP contribution in [0.3, 0.4) is 0 Å². The lowest BCUT2D eigenvalue weighted by atomic mass is 10.1. The van der Waals surface area contributed by atoms with Gasteiger partial charge >= 0.3 is 5.63 Å². The van der Waals surface area contributed by atoms with Gasteiger partial charge in [-0.3, -0.25) is 14.0 Å². The van der Waals surface area contributed by atoms with Crippen molar-refractivity contribution in [2.45, 2.75) is 20.4 Å². The van der Waals surface area contributed by atoms with Gasteiger partial charge in [-0.2, -0.15) is 5.10 Å². The molecule has 0 radical (unpaired) electrons. The van der Waals surface area contributed by atoms with E-state index in [-0.39, 0.29) is 12.5 Å². The van der Waals surface area contributed by atoms with E-state index in [1.165, 1.54) is 6.20 Å². The number of aromatic nitrogens is 3. The molecule has 28 heavy (non-hydrogen) atoms. The van der Waals surface area contributed by atoms with E-state index in [0.29, 0.717) is 16.5 Å². The molecule has 0 atom stereocenters. The number of aryl methyl sites for hydroxylation is 2. The summed E-state index contributed by atoms with van der Waals surface area (Å²) in [6, 6.07) is 15.4. The van der Waals surface area contributed by atoms with Gasteiger partial charge in [0.2, 0.25) is 0 Å². The van der Waals surface area contributed by atoms with E-state index in [1.54, 1.807) is 15.3 Å². The smallest absolute Gasteiger partial charge is 0.347 e. The Balaban J connectivity index is 1.69. The van der Waals surface area contributed by atoms with Crippen LogP contribution >= 0.6 is 0 Å². The van der Waals surface area contributed by atoms with Gasteiger partial charge in [-0.1, -0.05) is 29.8 Å². The lowest BCUT2D eigenvalue weighted by Crippen LogP contribution is -2.19. The summed E-state index contributed by atoms with van der Waals surface area (Å²) >= 11 is 0. The number of carbonyl (C=O) groups is 1. The molecule has 2 aromatic carbocycles. The van der Waals surface area contributed by atoms with Gasteiger partial charge in [0.25, 0.3) is 5.91 Å². The number of nitrogens with zero attached hydrogens (tertiary/aromatic N) is 3. The number of hydrogen-bond donors (Lipinski definition) is 0. The van der Waals surface area contributed by atoms with Crippen LogP contribution in [-0.4, -0.2) is 20.3 Å². The number of fused-ring (bicyclic) bond motifs is 4. The lowest BCUT2D eigenvalue weighted by molar-refractivity contribution is 0.0891. The maximum absolute atomic E-state index is 13.1. The molecular formula is C22H17N3O3. The molecule has 0 amide bonds. The number of carbonyl (C=O) groups excluding carboxylic acids is 1. The molecule has 0 spiro atoms. The lowest BCUT2D eigenvalue weighted by Gasteiger charge is -2.09. The van der Waals surface area contributed by atoms with Crippen LogP contribution in [0.15, 0.2) is 63.9 Å². The molecular weight excluding hydrogens is 354 g/mol.